The van der Waals surface area contributed by atoms with Gasteiger partial charge in [-0.25, -0.2) is 4.79 Å². The summed E-state index contributed by atoms with van der Waals surface area (Å²) in [6.07, 6.45) is 0. The molecule has 7 heteroatoms. The van der Waals surface area contributed by atoms with Crippen molar-refractivity contribution in [1.29, 1.82) is 0 Å². The van der Waals surface area contributed by atoms with Crippen LogP contribution in [0.15, 0.2) is 66.7 Å². The predicted molar refractivity (Wildman–Crippen MR) is 129 cm³/mol. The van der Waals surface area contributed by atoms with E-state index in [0.717, 1.165) is 22.4 Å². The van der Waals surface area contributed by atoms with Gasteiger partial charge in [0.1, 0.15) is 11.7 Å². The second-order valence-electron chi connectivity index (χ2n) is 8.72. The number of carbonyl (C=O) groups is 2. The van der Waals surface area contributed by atoms with Gasteiger partial charge < -0.3 is 15.4 Å². The molecule has 168 valence electrons. The standard InChI is InChI=1S/C26H24ClN3O3/c1-15-11-12-20(16(2)13-15)28-24(31)22-23-19-9-4-5-10-21(19)33-26(22,3)30(25(32)29-23)18-8-6-7-17(27)14-18/h4-14,22-23H,1-3H3,(H,28,31)(H,29,32)/t22-,23+,26+/m1/s1. The number of ether oxygens (including phenoxy) is 1. The molecule has 3 atom stereocenters. The SMILES string of the molecule is Cc1ccc(NC(=O)[C@H]2[C@H]3NC(=O)N(c4cccc(Cl)c4)[C@@]2(C)Oc2ccccc23)c(C)c1. The average molecular weight is 462 g/mol. The highest BCUT2D eigenvalue weighted by atomic mass is 35.5. The lowest BCUT2D eigenvalue weighted by molar-refractivity contribution is -0.131. The zero-order chi connectivity index (χ0) is 23.3. The van der Waals surface area contributed by atoms with Crippen LogP contribution in [0.1, 0.15) is 29.7 Å². The molecule has 2 N–H and O–H groups in total. The van der Waals surface area contributed by atoms with Crippen molar-refractivity contribution in [3.63, 3.8) is 0 Å². The summed E-state index contributed by atoms with van der Waals surface area (Å²) in [6, 6.07) is 19.4. The molecule has 6 nitrogen and oxygen atoms in total. The number of amides is 3. The van der Waals surface area contributed by atoms with E-state index in [9.17, 15) is 9.59 Å². The molecule has 2 bridgehead atoms. The third-order valence-corrected chi connectivity index (χ3v) is 6.63. The Kier molecular flexibility index (Phi) is 5.05. The fraction of sp³-hybridized carbons (Fsp3) is 0.231. The number of urea groups is 1. The van der Waals surface area contributed by atoms with E-state index in [2.05, 4.69) is 10.6 Å². The number of hydrogen-bond acceptors (Lipinski definition) is 3. The summed E-state index contributed by atoms with van der Waals surface area (Å²) in [7, 11) is 0. The van der Waals surface area contributed by atoms with Crippen LogP contribution in [0, 0.1) is 19.8 Å². The van der Waals surface area contributed by atoms with Crippen LogP contribution >= 0.6 is 11.6 Å². The molecule has 0 aromatic heterocycles. The number of benzene rings is 3. The first-order chi connectivity index (χ1) is 15.8. The summed E-state index contributed by atoms with van der Waals surface area (Å²) >= 11 is 6.23. The van der Waals surface area contributed by atoms with Crippen molar-refractivity contribution in [2.45, 2.75) is 32.5 Å². The van der Waals surface area contributed by atoms with Gasteiger partial charge in [-0.1, -0.05) is 53.6 Å². The lowest BCUT2D eigenvalue weighted by Crippen LogP contribution is -2.72. The molecular formula is C26H24ClN3O3. The molecule has 3 aromatic rings. The number of nitrogens with zero attached hydrogens (tertiary/aromatic N) is 1. The van der Waals surface area contributed by atoms with Gasteiger partial charge in [0, 0.05) is 16.3 Å². The molecule has 0 aliphatic carbocycles. The smallest absolute Gasteiger partial charge is 0.325 e. The number of para-hydroxylation sites is 1. The number of rotatable bonds is 3. The van der Waals surface area contributed by atoms with Gasteiger partial charge in [-0.05, 0) is 56.7 Å². The van der Waals surface area contributed by atoms with E-state index in [1.54, 1.807) is 31.2 Å². The second kappa shape index (κ2) is 7.81. The first kappa shape index (κ1) is 21.3. The van der Waals surface area contributed by atoms with Gasteiger partial charge in [-0.3, -0.25) is 9.69 Å². The van der Waals surface area contributed by atoms with E-state index in [-0.39, 0.29) is 11.9 Å². The zero-order valence-electron chi connectivity index (χ0n) is 18.6. The van der Waals surface area contributed by atoms with Crippen LogP contribution in [0.25, 0.3) is 0 Å². The molecule has 0 radical (unpaired) electrons. The van der Waals surface area contributed by atoms with Crippen LogP contribution in [0.3, 0.4) is 0 Å². The molecule has 0 saturated carbocycles. The Morgan fingerprint density at radius 2 is 1.88 bits per heavy atom. The van der Waals surface area contributed by atoms with E-state index < -0.39 is 17.7 Å². The van der Waals surface area contributed by atoms with Crippen molar-refractivity contribution in [3.8, 4) is 5.75 Å². The van der Waals surface area contributed by atoms with Crippen molar-refractivity contribution in [2.75, 3.05) is 10.2 Å². The van der Waals surface area contributed by atoms with E-state index >= 15 is 0 Å². The lowest BCUT2D eigenvalue weighted by Gasteiger charge is -2.54. The normalized spacial score (nSPS) is 23.3. The van der Waals surface area contributed by atoms with E-state index in [0.29, 0.717) is 16.5 Å². The van der Waals surface area contributed by atoms with Crippen molar-refractivity contribution >= 4 is 34.9 Å². The minimum atomic E-state index is -1.28. The highest BCUT2D eigenvalue weighted by molar-refractivity contribution is 6.31. The topological polar surface area (TPSA) is 70.7 Å². The van der Waals surface area contributed by atoms with Gasteiger partial charge >= 0.3 is 6.03 Å². The molecule has 2 aliphatic rings. The second-order valence-corrected chi connectivity index (χ2v) is 9.16. The molecule has 5 rings (SSSR count). The van der Waals surface area contributed by atoms with Crippen LogP contribution in [0.2, 0.25) is 5.02 Å². The summed E-state index contributed by atoms with van der Waals surface area (Å²) in [6.45, 7) is 5.74. The van der Waals surface area contributed by atoms with Gasteiger partial charge in [0.25, 0.3) is 0 Å². The van der Waals surface area contributed by atoms with Gasteiger partial charge in [-0.15, -0.1) is 0 Å². The Morgan fingerprint density at radius 3 is 2.64 bits per heavy atom. The van der Waals surface area contributed by atoms with Gasteiger partial charge in [0.2, 0.25) is 11.6 Å². The van der Waals surface area contributed by atoms with Crippen LogP contribution < -0.4 is 20.3 Å². The number of nitrogens with one attached hydrogen (secondary N) is 2. The Labute approximate surface area is 197 Å². The highest BCUT2D eigenvalue weighted by Gasteiger charge is 2.60. The average Bonchev–Trinajstić information content (AvgIpc) is 2.75. The molecule has 1 fully saturated rings. The Hall–Kier alpha value is -3.51. The van der Waals surface area contributed by atoms with Gasteiger partial charge in [0.05, 0.1) is 11.7 Å². The van der Waals surface area contributed by atoms with Crippen molar-refractivity contribution in [2.24, 2.45) is 5.92 Å². The maximum absolute atomic E-state index is 13.8. The first-order valence-corrected chi connectivity index (χ1v) is 11.2. The van der Waals surface area contributed by atoms with Crippen LogP contribution in [0.4, 0.5) is 16.2 Å². The molecule has 0 spiro atoms. The Morgan fingerprint density at radius 1 is 1.09 bits per heavy atom. The minimum Gasteiger partial charge on any atom is -0.466 e. The Bertz CT molecular complexity index is 1280. The molecule has 3 amide bonds. The largest absolute Gasteiger partial charge is 0.466 e. The number of carbonyl (C=O) groups excluding carboxylic acids is 2. The van der Waals surface area contributed by atoms with E-state index in [1.807, 2.05) is 56.3 Å². The van der Waals surface area contributed by atoms with Crippen LogP contribution in [-0.4, -0.2) is 17.7 Å². The fourth-order valence-corrected chi connectivity index (χ4v) is 5.08. The highest BCUT2D eigenvalue weighted by Crippen LogP contribution is 2.49. The number of fused-ring (bicyclic) bond motifs is 4. The quantitative estimate of drug-likeness (QED) is 0.534. The Balaban J connectivity index is 1.62. The number of aryl methyl sites for hydroxylation is 2. The summed E-state index contributed by atoms with van der Waals surface area (Å²) < 4.78 is 6.45. The minimum absolute atomic E-state index is 0.240. The zero-order valence-corrected chi connectivity index (χ0v) is 19.3. The maximum Gasteiger partial charge on any atom is 0.325 e. The molecule has 3 aromatic carbocycles. The van der Waals surface area contributed by atoms with E-state index in [1.165, 1.54) is 4.90 Å². The van der Waals surface area contributed by atoms with Gasteiger partial charge in [-0.2, -0.15) is 0 Å². The van der Waals surface area contributed by atoms with Crippen molar-refractivity contribution in [3.05, 3.63) is 88.4 Å². The summed E-state index contributed by atoms with van der Waals surface area (Å²) in [5.74, 6) is -0.339. The molecular weight excluding hydrogens is 438 g/mol. The summed E-state index contributed by atoms with van der Waals surface area (Å²) in [5.41, 5.74) is 2.84. The molecule has 1 saturated heterocycles. The monoisotopic (exact) mass is 461 g/mol. The first-order valence-electron chi connectivity index (χ1n) is 10.8. The maximum atomic E-state index is 13.8. The number of hydrogen-bond donors (Lipinski definition) is 2. The molecule has 2 heterocycles. The van der Waals surface area contributed by atoms with E-state index in [4.69, 9.17) is 16.3 Å². The lowest BCUT2D eigenvalue weighted by atomic mass is 9.78. The van der Waals surface area contributed by atoms with Gasteiger partial charge in [0.15, 0.2) is 0 Å². The summed E-state index contributed by atoms with van der Waals surface area (Å²) in [5, 5.41) is 6.59. The fourth-order valence-electron chi connectivity index (χ4n) is 4.90. The number of halogens is 1. The van der Waals surface area contributed by atoms with Crippen molar-refractivity contribution < 1.29 is 14.3 Å². The predicted octanol–water partition coefficient (Wildman–Crippen LogP) is 5.59. The third kappa shape index (κ3) is 3.51. The summed E-state index contributed by atoms with van der Waals surface area (Å²) in [4.78, 5) is 28.6. The van der Waals surface area contributed by atoms with Crippen LogP contribution in [-0.2, 0) is 4.79 Å². The number of anilines is 2. The van der Waals surface area contributed by atoms with Crippen molar-refractivity contribution in [1.82, 2.24) is 5.32 Å². The molecule has 33 heavy (non-hydrogen) atoms. The molecule has 2 aliphatic heterocycles. The molecule has 0 unspecified atom stereocenters. The van der Waals surface area contributed by atoms with Crippen LogP contribution in [0.5, 0.6) is 5.75 Å². The third-order valence-electron chi connectivity index (χ3n) is 6.40.